The number of hydrogen-bond acceptors (Lipinski definition) is 6. The largest absolute Gasteiger partial charge is 0.493 e. The van der Waals surface area contributed by atoms with E-state index in [1.807, 2.05) is 37.3 Å². The number of oxazole rings is 1. The Morgan fingerprint density at radius 1 is 1.26 bits per heavy atom. The summed E-state index contributed by atoms with van der Waals surface area (Å²) < 4.78 is 16.6. The summed E-state index contributed by atoms with van der Waals surface area (Å²) in [5.74, 6) is 2.60. The average Bonchev–Trinajstić information content (AvgIpc) is 3.20. The molecule has 0 atom stereocenters. The van der Waals surface area contributed by atoms with E-state index < -0.39 is 0 Å². The van der Waals surface area contributed by atoms with Gasteiger partial charge in [0.1, 0.15) is 11.5 Å². The molecule has 0 amide bonds. The highest BCUT2D eigenvalue weighted by Crippen LogP contribution is 2.22. The predicted molar refractivity (Wildman–Crippen MR) is 84.0 cm³/mol. The Bertz CT molecular complexity index is 774. The standard InChI is InChI=1S/C17H16N2O4/c1-12-15(19-17(23-12)16-3-2-9-22-16)8-10-21-14-6-4-13(5-7-14)11-18-20/h2-7,9,11,20H,8,10H2,1H3/b18-11+. The van der Waals surface area contributed by atoms with Gasteiger partial charge in [0, 0.05) is 6.42 Å². The van der Waals surface area contributed by atoms with Crippen LogP contribution in [0.5, 0.6) is 5.75 Å². The molecule has 0 saturated carbocycles. The molecule has 0 radical (unpaired) electrons. The fraction of sp³-hybridized carbons (Fsp3) is 0.176. The molecule has 0 aliphatic carbocycles. The first-order valence-electron chi connectivity index (χ1n) is 7.17. The Morgan fingerprint density at radius 2 is 2.09 bits per heavy atom. The van der Waals surface area contributed by atoms with E-state index in [1.54, 1.807) is 12.3 Å². The molecule has 3 aromatic rings. The minimum absolute atomic E-state index is 0.482. The lowest BCUT2D eigenvalue weighted by atomic mass is 10.2. The summed E-state index contributed by atoms with van der Waals surface area (Å²) in [6.07, 6.45) is 3.58. The molecule has 6 nitrogen and oxygen atoms in total. The predicted octanol–water partition coefficient (Wildman–Crippen LogP) is 3.67. The number of rotatable bonds is 6. The molecule has 0 aliphatic rings. The lowest BCUT2D eigenvalue weighted by Gasteiger charge is -2.05. The number of aryl methyl sites for hydroxylation is 1. The Morgan fingerprint density at radius 3 is 2.78 bits per heavy atom. The lowest BCUT2D eigenvalue weighted by Crippen LogP contribution is -2.02. The molecule has 23 heavy (non-hydrogen) atoms. The number of benzene rings is 1. The van der Waals surface area contributed by atoms with Crippen LogP contribution in [0, 0.1) is 6.92 Å². The number of ether oxygens (including phenoxy) is 1. The Balaban J connectivity index is 1.58. The Hall–Kier alpha value is -3.02. The zero-order valence-electron chi connectivity index (χ0n) is 12.6. The summed E-state index contributed by atoms with van der Waals surface area (Å²) in [7, 11) is 0. The van der Waals surface area contributed by atoms with Crippen LogP contribution in [0.3, 0.4) is 0 Å². The summed E-state index contributed by atoms with van der Waals surface area (Å²) in [6, 6.07) is 10.9. The molecule has 2 aromatic heterocycles. The minimum atomic E-state index is 0.482. The van der Waals surface area contributed by atoms with Crippen LogP contribution in [-0.4, -0.2) is 23.0 Å². The van der Waals surface area contributed by atoms with E-state index in [-0.39, 0.29) is 0 Å². The van der Waals surface area contributed by atoms with Gasteiger partial charge >= 0.3 is 0 Å². The van der Waals surface area contributed by atoms with Gasteiger partial charge in [0.2, 0.25) is 0 Å². The Kier molecular flexibility index (Phi) is 4.42. The van der Waals surface area contributed by atoms with Crippen LogP contribution < -0.4 is 4.74 Å². The van der Waals surface area contributed by atoms with E-state index in [2.05, 4.69) is 10.1 Å². The van der Waals surface area contributed by atoms with Gasteiger partial charge in [0.05, 0.1) is 24.8 Å². The maximum Gasteiger partial charge on any atom is 0.263 e. The van der Waals surface area contributed by atoms with E-state index in [1.165, 1.54) is 6.21 Å². The monoisotopic (exact) mass is 312 g/mol. The molecule has 118 valence electrons. The van der Waals surface area contributed by atoms with Gasteiger partial charge < -0.3 is 18.8 Å². The number of furan rings is 1. The lowest BCUT2D eigenvalue weighted by molar-refractivity contribution is 0.319. The van der Waals surface area contributed by atoms with Crippen molar-refractivity contribution in [3.63, 3.8) is 0 Å². The SMILES string of the molecule is Cc1oc(-c2ccco2)nc1CCOc1ccc(/C=N/O)cc1. The summed E-state index contributed by atoms with van der Waals surface area (Å²) in [5, 5.41) is 11.4. The van der Waals surface area contributed by atoms with Gasteiger partial charge in [-0.15, -0.1) is 0 Å². The van der Waals surface area contributed by atoms with Crippen molar-refractivity contribution in [2.75, 3.05) is 6.61 Å². The number of nitrogens with zero attached hydrogens (tertiary/aromatic N) is 2. The second-order valence-corrected chi connectivity index (χ2v) is 4.91. The second kappa shape index (κ2) is 6.83. The van der Waals surface area contributed by atoms with Crippen molar-refractivity contribution in [1.82, 2.24) is 4.98 Å². The maximum atomic E-state index is 8.47. The third kappa shape index (κ3) is 3.60. The zero-order valence-corrected chi connectivity index (χ0v) is 12.6. The molecule has 0 saturated heterocycles. The van der Waals surface area contributed by atoms with Crippen molar-refractivity contribution in [2.45, 2.75) is 13.3 Å². The Labute approximate surface area is 133 Å². The van der Waals surface area contributed by atoms with Gasteiger partial charge in [-0.25, -0.2) is 4.98 Å². The second-order valence-electron chi connectivity index (χ2n) is 4.91. The molecular formula is C17H16N2O4. The van der Waals surface area contributed by atoms with Crippen LogP contribution in [0.1, 0.15) is 17.0 Å². The molecule has 3 rings (SSSR count). The summed E-state index contributed by atoms with van der Waals surface area (Å²) in [4.78, 5) is 4.44. The molecule has 2 heterocycles. The first-order valence-corrected chi connectivity index (χ1v) is 7.17. The third-order valence-corrected chi connectivity index (χ3v) is 3.32. The smallest absolute Gasteiger partial charge is 0.263 e. The molecule has 0 unspecified atom stereocenters. The van der Waals surface area contributed by atoms with Crippen molar-refractivity contribution in [2.24, 2.45) is 5.16 Å². The minimum Gasteiger partial charge on any atom is -0.493 e. The van der Waals surface area contributed by atoms with Crippen molar-refractivity contribution >= 4 is 6.21 Å². The number of aromatic nitrogens is 1. The zero-order chi connectivity index (χ0) is 16.1. The quantitative estimate of drug-likeness (QED) is 0.426. The van der Waals surface area contributed by atoms with Gasteiger partial charge in [0.15, 0.2) is 5.76 Å². The van der Waals surface area contributed by atoms with Crippen LogP contribution >= 0.6 is 0 Å². The summed E-state index contributed by atoms with van der Waals surface area (Å²) in [6.45, 7) is 2.36. The van der Waals surface area contributed by atoms with Crippen LogP contribution in [0.25, 0.3) is 11.7 Å². The van der Waals surface area contributed by atoms with Crippen molar-refractivity contribution in [3.05, 3.63) is 59.7 Å². The highest BCUT2D eigenvalue weighted by molar-refractivity contribution is 5.79. The van der Waals surface area contributed by atoms with Gasteiger partial charge in [-0.2, -0.15) is 0 Å². The fourth-order valence-electron chi connectivity index (χ4n) is 2.15. The average molecular weight is 312 g/mol. The van der Waals surface area contributed by atoms with Crippen molar-refractivity contribution < 1.29 is 18.8 Å². The normalized spacial score (nSPS) is 11.2. The molecule has 1 N–H and O–H groups in total. The molecule has 0 aliphatic heterocycles. The molecule has 6 heteroatoms. The molecule has 1 aromatic carbocycles. The first kappa shape index (κ1) is 14.9. The van der Waals surface area contributed by atoms with Crippen molar-refractivity contribution in [1.29, 1.82) is 0 Å². The van der Waals surface area contributed by atoms with Crippen molar-refractivity contribution in [3.8, 4) is 17.4 Å². The van der Waals surface area contributed by atoms with Gasteiger partial charge in [-0.1, -0.05) is 5.16 Å². The summed E-state index contributed by atoms with van der Waals surface area (Å²) in [5.41, 5.74) is 1.65. The van der Waals surface area contributed by atoms with Crippen LogP contribution in [0.4, 0.5) is 0 Å². The van der Waals surface area contributed by atoms with E-state index in [9.17, 15) is 0 Å². The topological polar surface area (TPSA) is 81.0 Å². The van der Waals surface area contributed by atoms with Gasteiger partial charge in [0.25, 0.3) is 5.89 Å². The van der Waals surface area contributed by atoms with E-state index in [0.717, 1.165) is 22.8 Å². The summed E-state index contributed by atoms with van der Waals surface area (Å²) >= 11 is 0. The van der Waals surface area contributed by atoms with Crippen LogP contribution in [0.15, 0.2) is 56.7 Å². The van der Waals surface area contributed by atoms with E-state index in [4.69, 9.17) is 18.8 Å². The fourth-order valence-corrected chi connectivity index (χ4v) is 2.15. The van der Waals surface area contributed by atoms with Crippen LogP contribution in [-0.2, 0) is 6.42 Å². The van der Waals surface area contributed by atoms with Gasteiger partial charge in [-0.05, 0) is 48.9 Å². The molecule has 0 spiro atoms. The molecular weight excluding hydrogens is 296 g/mol. The van der Waals surface area contributed by atoms with Crippen LogP contribution in [0.2, 0.25) is 0 Å². The molecule has 0 bridgehead atoms. The van der Waals surface area contributed by atoms with Gasteiger partial charge in [-0.3, -0.25) is 0 Å². The van der Waals surface area contributed by atoms with E-state index >= 15 is 0 Å². The van der Waals surface area contributed by atoms with E-state index in [0.29, 0.717) is 24.7 Å². The first-order chi connectivity index (χ1) is 11.3. The number of hydrogen-bond donors (Lipinski definition) is 1. The molecule has 0 fully saturated rings. The maximum absolute atomic E-state index is 8.47. The highest BCUT2D eigenvalue weighted by Gasteiger charge is 2.13. The third-order valence-electron chi connectivity index (χ3n) is 3.32. The number of oxime groups is 1. The highest BCUT2D eigenvalue weighted by atomic mass is 16.5.